The number of nitriles is 1. The molecule has 0 radical (unpaired) electrons. The Balaban J connectivity index is 1.26. The van der Waals surface area contributed by atoms with Crippen molar-refractivity contribution in [2.45, 2.75) is 89.5 Å². The number of fused-ring (bicyclic) bond motifs is 5. The van der Waals surface area contributed by atoms with Gasteiger partial charge in [0.15, 0.2) is 0 Å². The van der Waals surface area contributed by atoms with Crippen LogP contribution in [0.4, 0.5) is 0 Å². The minimum absolute atomic E-state index is 0.113. The predicted octanol–water partition coefficient (Wildman–Crippen LogP) is 6.15. The molecule has 4 aliphatic rings. The lowest BCUT2D eigenvalue weighted by atomic mass is 9.49. The molecule has 0 saturated heterocycles. The molecule has 0 bridgehead atoms. The molecule has 0 aliphatic heterocycles. The first-order valence-corrected chi connectivity index (χ1v) is 15.9. The highest BCUT2D eigenvalue weighted by atomic mass is 32.2. The summed E-state index contributed by atoms with van der Waals surface area (Å²) in [6.07, 6.45) is 11.7. The molecule has 1 N–H and O–H groups in total. The molecular weight excluding hydrogens is 468 g/mol. The second kappa shape index (κ2) is 10.4. The molecule has 0 amide bonds. The van der Waals surface area contributed by atoms with Gasteiger partial charge < -0.3 is 4.74 Å². The van der Waals surface area contributed by atoms with Crippen molar-refractivity contribution in [1.29, 1.82) is 5.26 Å². The number of hydrogen-bond donors (Lipinski definition) is 1. The normalized spacial score (nSPS) is 38.9. The van der Waals surface area contributed by atoms with Crippen LogP contribution in [0.1, 0.15) is 84.1 Å². The van der Waals surface area contributed by atoms with Gasteiger partial charge in [0.2, 0.25) is 10.0 Å². The standard InChI is InChI=1S/C30H44N2O3S/c1-4-35-19-22-8-10-25-23(16-22)9-11-27-26(25)14-15-30(3)28(12-13-29(27)30)20(2)32-36(33,34)24-7-5-6-21(17-24)18-31/h5-7,17,20,22-23,25-29,32H,4,8-16,19H2,1-3H3/t20-,22+,23-,25+,26?,27-,28?,29?,30-/m1/s1. The van der Waals surface area contributed by atoms with Crippen molar-refractivity contribution in [1.82, 2.24) is 4.72 Å². The first-order valence-electron chi connectivity index (χ1n) is 14.4. The second-order valence-electron chi connectivity index (χ2n) is 12.6. The third-order valence-corrected chi connectivity index (χ3v) is 12.5. The summed E-state index contributed by atoms with van der Waals surface area (Å²) in [7, 11) is -3.66. The molecule has 4 aliphatic carbocycles. The van der Waals surface area contributed by atoms with Crippen molar-refractivity contribution >= 4 is 10.0 Å². The van der Waals surface area contributed by atoms with Gasteiger partial charge in [-0.2, -0.15) is 5.26 Å². The fourth-order valence-electron chi connectivity index (χ4n) is 9.38. The van der Waals surface area contributed by atoms with Gasteiger partial charge in [-0.15, -0.1) is 0 Å². The summed E-state index contributed by atoms with van der Waals surface area (Å²) in [5.74, 6) is 5.31. The molecule has 4 saturated carbocycles. The first kappa shape index (κ1) is 26.2. The fourth-order valence-corrected chi connectivity index (χ4v) is 10.7. The minimum Gasteiger partial charge on any atom is -0.381 e. The number of ether oxygens (including phenoxy) is 1. The average molecular weight is 513 g/mol. The van der Waals surface area contributed by atoms with Crippen LogP contribution in [-0.2, 0) is 14.8 Å². The van der Waals surface area contributed by atoms with Crippen molar-refractivity contribution in [3.63, 3.8) is 0 Å². The lowest BCUT2D eigenvalue weighted by molar-refractivity contribution is -0.0748. The third kappa shape index (κ3) is 4.76. The quantitative estimate of drug-likeness (QED) is 0.475. The van der Waals surface area contributed by atoms with Crippen LogP contribution in [0, 0.1) is 58.2 Å². The highest BCUT2D eigenvalue weighted by Gasteiger charge is 2.58. The summed E-state index contributed by atoms with van der Waals surface area (Å²) in [4.78, 5) is 0.190. The van der Waals surface area contributed by atoms with Crippen LogP contribution >= 0.6 is 0 Å². The number of nitrogens with one attached hydrogen (secondary N) is 1. The summed E-state index contributed by atoms with van der Waals surface area (Å²) in [5.41, 5.74) is 0.579. The van der Waals surface area contributed by atoms with E-state index < -0.39 is 10.0 Å². The van der Waals surface area contributed by atoms with Gasteiger partial charge >= 0.3 is 0 Å². The Morgan fingerprint density at radius 2 is 1.92 bits per heavy atom. The Kier molecular flexibility index (Phi) is 7.56. The Bertz CT molecular complexity index is 1080. The van der Waals surface area contributed by atoms with Gasteiger partial charge in [-0.1, -0.05) is 13.0 Å². The van der Waals surface area contributed by atoms with Crippen LogP contribution in [0.5, 0.6) is 0 Å². The maximum absolute atomic E-state index is 13.2. The van der Waals surface area contributed by atoms with Gasteiger partial charge in [-0.3, -0.25) is 0 Å². The molecule has 6 heteroatoms. The molecule has 0 heterocycles. The van der Waals surface area contributed by atoms with Crippen LogP contribution in [0.3, 0.4) is 0 Å². The molecular formula is C30H44N2O3S. The van der Waals surface area contributed by atoms with E-state index in [0.29, 0.717) is 11.5 Å². The molecule has 3 unspecified atom stereocenters. The van der Waals surface area contributed by atoms with Crippen LogP contribution in [0.2, 0.25) is 0 Å². The van der Waals surface area contributed by atoms with Gasteiger partial charge in [-0.25, -0.2) is 13.1 Å². The summed E-state index contributed by atoms with van der Waals surface area (Å²) >= 11 is 0. The number of hydrogen-bond acceptors (Lipinski definition) is 4. The monoisotopic (exact) mass is 512 g/mol. The zero-order valence-corrected chi connectivity index (χ0v) is 23.1. The topological polar surface area (TPSA) is 79.2 Å². The fraction of sp³-hybridized carbons (Fsp3) is 0.767. The van der Waals surface area contributed by atoms with E-state index in [4.69, 9.17) is 4.74 Å². The van der Waals surface area contributed by atoms with E-state index in [9.17, 15) is 13.7 Å². The first-order chi connectivity index (χ1) is 17.3. The predicted molar refractivity (Wildman–Crippen MR) is 142 cm³/mol. The Morgan fingerprint density at radius 1 is 1.11 bits per heavy atom. The minimum atomic E-state index is -3.66. The molecule has 198 valence electrons. The SMILES string of the molecule is CCOC[C@H]1CC[C@@H]2C3CC[C@@]4(C)C(CCC4[C@@H](C)NS(=O)(=O)c4cccc(C#N)c4)[C@@H]3CC[C@@H]2C1. The number of rotatable bonds is 7. The van der Waals surface area contributed by atoms with Gasteiger partial charge in [0.25, 0.3) is 0 Å². The van der Waals surface area contributed by atoms with Crippen LogP contribution in [0.15, 0.2) is 29.2 Å². The molecule has 1 aromatic carbocycles. The van der Waals surface area contributed by atoms with Crippen molar-refractivity contribution in [2.75, 3.05) is 13.2 Å². The third-order valence-electron chi connectivity index (χ3n) is 10.9. The van der Waals surface area contributed by atoms with E-state index >= 15 is 0 Å². The molecule has 4 fully saturated rings. The Hall–Kier alpha value is -1.42. The zero-order chi connectivity index (χ0) is 25.5. The smallest absolute Gasteiger partial charge is 0.240 e. The van der Waals surface area contributed by atoms with Gasteiger partial charge in [-0.05, 0) is 137 Å². The van der Waals surface area contributed by atoms with Crippen molar-refractivity contribution < 1.29 is 13.2 Å². The maximum atomic E-state index is 13.2. The van der Waals surface area contributed by atoms with Crippen LogP contribution in [0.25, 0.3) is 0 Å². The summed E-state index contributed by atoms with van der Waals surface area (Å²) in [6.45, 7) is 8.41. The van der Waals surface area contributed by atoms with E-state index in [1.54, 1.807) is 18.2 Å². The molecule has 5 rings (SSSR count). The largest absolute Gasteiger partial charge is 0.381 e. The van der Waals surface area contributed by atoms with Crippen LogP contribution in [-0.4, -0.2) is 27.7 Å². The van der Waals surface area contributed by atoms with Gasteiger partial charge in [0.1, 0.15) is 0 Å². The van der Waals surface area contributed by atoms with Crippen LogP contribution < -0.4 is 4.72 Å². The van der Waals surface area contributed by atoms with Crippen molar-refractivity contribution in [3.8, 4) is 6.07 Å². The van der Waals surface area contributed by atoms with Crippen molar-refractivity contribution in [3.05, 3.63) is 29.8 Å². The molecule has 9 atom stereocenters. The lowest BCUT2D eigenvalue weighted by Crippen LogP contribution is -2.51. The molecule has 0 aromatic heterocycles. The second-order valence-corrected chi connectivity index (χ2v) is 14.3. The lowest BCUT2D eigenvalue weighted by Gasteiger charge is -2.56. The molecule has 36 heavy (non-hydrogen) atoms. The highest BCUT2D eigenvalue weighted by Crippen LogP contribution is 2.65. The molecule has 5 nitrogen and oxygen atoms in total. The Labute approximate surface area is 218 Å². The van der Waals surface area contributed by atoms with E-state index in [2.05, 4.69) is 31.6 Å². The number of nitrogens with zero attached hydrogens (tertiary/aromatic N) is 1. The molecule has 0 spiro atoms. The molecule has 1 aromatic rings. The van der Waals surface area contributed by atoms with E-state index in [0.717, 1.165) is 55.1 Å². The van der Waals surface area contributed by atoms with Crippen molar-refractivity contribution in [2.24, 2.45) is 46.8 Å². The van der Waals surface area contributed by atoms with E-state index in [1.807, 2.05) is 0 Å². The number of sulfonamides is 1. The number of benzene rings is 1. The average Bonchev–Trinajstić information content (AvgIpc) is 3.24. The Morgan fingerprint density at radius 3 is 2.69 bits per heavy atom. The van der Waals surface area contributed by atoms with E-state index in [-0.39, 0.29) is 16.4 Å². The van der Waals surface area contributed by atoms with Gasteiger partial charge in [0, 0.05) is 19.3 Å². The summed E-state index contributed by atoms with van der Waals surface area (Å²) in [6, 6.07) is 8.28. The summed E-state index contributed by atoms with van der Waals surface area (Å²) in [5, 5.41) is 9.19. The maximum Gasteiger partial charge on any atom is 0.240 e. The zero-order valence-electron chi connectivity index (χ0n) is 22.3. The highest BCUT2D eigenvalue weighted by molar-refractivity contribution is 7.89. The van der Waals surface area contributed by atoms with E-state index in [1.165, 1.54) is 57.4 Å². The van der Waals surface area contributed by atoms with Gasteiger partial charge in [0.05, 0.1) is 16.5 Å². The summed E-state index contributed by atoms with van der Waals surface area (Å²) < 4.78 is 35.1.